The van der Waals surface area contributed by atoms with E-state index in [0.717, 1.165) is 31.9 Å². The second-order valence-electron chi connectivity index (χ2n) is 4.27. The van der Waals surface area contributed by atoms with E-state index in [9.17, 15) is 9.59 Å². The number of amides is 1. The van der Waals surface area contributed by atoms with Crippen molar-refractivity contribution in [3.05, 3.63) is 0 Å². The Kier molecular flexibility index (Phi) is 7.07. The lowest BCUT2D eigenvalue weighted by Gasteiger charge is -2.27. The normalized spacial score (nSPS) is 18.3. The van der Waals surface area contributed by atoms with E-state index in [1.807, 2.05) is 11.2 Å². The minimum Gasteiger partial charge on any atom is -0.480 e. The fraction of sp³-hybridized carbons (Fsp3) is 0.818. The molecule has 0 radical (unpaired) electrons. The van der Waals surface area contributed by atoms with Crippen molar-refractivity contribution in [1.29, 1.82) is 0 Å². The number of carbonyl (C=O) groups is 2. The Morgan fingerprint density at radius 1 is 1.44 bits per heavy atom. The lowest BCUT2D eigenvalue weighted by molar-refractivity contribution is -0.142. The molecule has 0 unspecified atom stereocenters. The third-order valence-electron chi connectivity index (χ3n) is 2.82. The first-order valence-electron chi connectivity index (χ1n) is 6.07. The van der Waals surface area contributed by atoms with Gasteiger partial charge in [-0.15, -0.1) is 0 Å². The van der Waals surface area contributed by atoms with Crippen molar-refractivity contribution in [3.8, 4) is 0 Å². The molecule has 0 aliphatic carbocycles. The minimum absolute atomic E-state index is 0.203. The number of piperazine rings is 1. The first-order chi connectivity index (χ1) is 8.63. The van der Waals surface area contributed by atoms with Crippen molar-refractivity contribution in [2.24, 2.45) is 0 Å². The molecule has 0 bridgehead atoms. The van der Waals surface area contributed by atoms with Gasteiger partial charge in [0.05, 0.1) is 6.54 Å². The summed E-state index contributed by atoms with van der Waals surface area (Å²) in [6, 6.07) is -0.770. The molecule has 1 rings (SSSR count). The third-order valence-corrected chi connectivity index (χ3v) is 3.46. The Labute approximate surface area is 111 Å². The van der Waals surface area contributed by atoms with E-state index in [1.54, 1.807) is 11.8 Å². The second kappa shape index (κ2) is 8.34. The quantitative estimate of drug-likeness (QED) is 0.565. The Morgan fingerprint density at radius 3 is 2.67 bits per heavy atom. The van der Waals surface area contributed by atoms with Crippen LogP contribution in [0, 0.1) is 0 Å². The molecule has 1 amide bonds. The fourth-order valence-electron chi connectivity index (χ4n) is 1.81. The predicted molar refractivity (Wildman–Crippen MR) is 71.9 cm³/mol. The molecule has 1 heterocycles. The summed E-state index contributed by atoms with van der Waals surface area (Å²) < 4.78 is 0. The number of aliphatic carboxylic acids is 1. The molecule has 1 aliphatic heterocycles. The van der Waals surface area contributed by atoms with Crippen LogP contribution in [0.4, 0.5) is 0 Å². The van der Waals surface area contributed by atoms with Crippen molar-refractivity contribution in [2.45, 2.75) is 12.5 Å². The van der Waals surface area contributed by atoms with E-state index in [1.165, 1.54) is 0 Å². The highest BCUT2D eigenvalue weighted by Crippen LogP contribution is 2.01. The number of nitrogens with zero attached hydrogens (tertiary/aromatic N) is 1. The van der Waals surface area contributed by atoms with Crippen molar-refractivity contribution in [2.75, 3.05) is 44.7 Å². The SMILES string of the molecule is CSCC[C@H](NC(=O)CN1CCNCC1)C(=O)O. The van der Waals surface area contributed by atoms with Gasteiger partial charge in [0, 0.05) is 26.2 Å². The average Bonchev–Trinajstić information content (AvgIpc) is 2.35. The standard InChI is InChI=1S/C11H21N3O3S/c1-18-7-2-9(11(16)17)13-10(15)8-14-5-3-12-4-6-14/h9,12H,2-8H2,1H3,(H,13,15)(H,16,17)/t9-/m0/s1. The molecular formula is C11H21N3O3S. The Hall–Kier alpha value is -0.790. The number of carboxylic acid groups (broad SMARTS) is 1. The lowest BCUT2D eigenvalue weighted by Crippen LogP contribution is -2.50. The van der Waals surface area contributed by atoms with Gasteiger partial charge in [-0.05, 0) is 18.4 Å². The molecule has 1 fully saturated rings. The van der Waals surface area contributed by atoms with Gasteiger partial charge < -0.3 is 15.7 Å². The number of carboxylic acids is 1. The Bertz CT molecular complexity index is 283. The molecule has 0 saturated carbocycles. The largest absolute Gasteiger partial charge is 0.480 e. The highest BCUT2D eigenvalue weighted by molar-refractivity contribution is 7.98. The van der Waals surface area contributed by atoms with Crippen molar-refractivity contribution >= 4 is 23.6 Å². The molecule has 7 heteroatoms. The Morgan fingerprint density at radius 2 is 2.11 bits per heavy atom. The summed E-state index contributed by atoms with van der Waals surface area (Å²) in [4.78, 5) is 24.8. The van der Waals surface area contributed by atoms with Gasteiger partial charge in [-0.25, -0.2) is 4.79 Å². The molecule has 18 heavy (non-hydrogen) atoms. The first kappa shape index (κ1) is 15.3. The van der Waals surface area contributed by atoms with Crippen LogP contribution in [-0.2, 0) is 9.59 Å². The summed E-state index contributed by atoms with van der Waals surface area (Å²) in [5, 5.41) is 14.8. The smallest absolute Gasteiger partial charge is 0.326 e. The van der Waals surface area contributed by atoms with E-state index < -0.39 is 12.0 Å². The van der Waals surface area contributed by atoms with Crippen LogP contribution in [0.1, 0.15) is 6.42 Å². The van der Waals surface area contributed by atoms with Gasteiger partial charge in [-0.1, -0.05) is 0 Å². The van der Waals surface area contributed by atoms with Crippen LogP contribution in [0.3, 0.4) is 0 Å². The molecule has 0 aromatic heterocycles. The molecule has 1 saturated heterocycles. The summed E-state index contributed by atoms with van der Waals surface area (Å²) >= 11 is 1.58. The zero-order valence-corrected chi connectivity index (χ0v) is 11.5. The highest BCUT2D eigenvalue weighted by atomic mass is 32.2. The molecule has 6 nitrogen and oxygen atoms in total. The fourth-order valence-corrected chi connectivity index (χ4v) is 2.28. The van der Waals surface area contributed by atoms with E-state index >= 15 is 0 Å². The van der Waals surface area contributed by atoms with Gasteiger partial charge in [-0.3, -0.25) is 9.69 Å². The number of hydrogen-bond donors (Lipinski definition) is 3. The van der Waals surface area contributed by atoms with Crippen LogP contribution in [-0.4, -0.2) is 72.7 Å². The molecule has 0 spiro atoms. The van der Waals surface area contributed by atoms with Crippen molar-refractivity contribution in [3.63, 3.8) is 0 Å². The number of carbonyl (C=O) groups excluding carboxylic acids is 1. The van der Waals surface area contributed by atoms with Crippen LogP contribution in [0.25, 0.3) is 0 Å². The van der Waals surface area contributed by atoms with Crippen LogP contribution in [0.5, 0.6) is 0 Å². The monoisotopic (exact) mass is 275 g/mol. The summed E-state index contributed by atoms with van der Waals surface area (Å²) in [6.45, 7) is 3.70. The average molecular weight is 275 g/mol. The third kappa shape index (κ3) is 5.70. The maximum absolute atomic E-state index is 11.7. The van der Waals surface area contributed by atoms with E-state index in [4.69, 9.17) is 5.11 Å². The highest BCUT2D eigenvalue weighted by Gasteiger charge is 2.21. The first-order valence-corrected chi connectivity index (χ1v) is 7.47. The van der Waals surface area contributed by atoms with Crippen molar-refractivity contribution < 1.29 is 14.7 Å². The van der Waals surface area contributed by atoms with Gasteiger partial charge in [0.2, 0.25) is 5.91 Å². The maximum Gasteiger partial charge on any atom is 0.326 e. The minimum atomic E-state index is -0.960. The second-order valence-corrected chi connectivity index (χ2v) is 5.25. The van der Waals surface area contributed by atoms with Crippen LogP contribution >= 0.6 is 11.8 Å². The van der Waals surface area contributed by atoms with E-state index in [0.29, 0.717) is 6.42 Å². The van der Waals surface area contributed by atoms with Crippen LogP contribution in [0.15, 0.2) is 0 Å². The lowest BCUT2D eigenvalue weighted by atomic mass is 10.2. The number of nitrogens with one attached hydrogen (secondary N) is 2. The zero-order valence-electron chi connectivity index (χ0n) is 10.6. The molecule has 104 valence electrons. The number of hydrogen-bond acceptors (Lipinski definition) is 5. The van der Waals surface area contributed by atoms with Crippen molar-refractivity contribution in [1.82, 2.24) is 15.5 Å². The Balaban J connectivity index is 2.32. The predicted octanol–water partition coefficient (Wildman–Crippen LogP) is -0.786. The molecule has 1 atom stereocenters. The summed E-state index contributed by atoms with van der Waals surface area (Å²) in [7, 11) is 0. The summed E-state index contributed by atoms with van der Waals surface area (Å²) in [6.07, 6.45) is 2.38. The summed E-state index contributed by atoms with van der Waals surface area (Å²) in [5.41, 5.74) is 0. The van der Waals surface area contributed by atoms with Gasteiger partial charge in [-0.2, -0.15) is 11.8 Å². The maximum atomic E-state index is 11.7. The van der Waals surface area contributed by atoms with Gasteiger partial charge >= 0.3 is 5.97 Å². The molecule has 0 aromatic rings. The molecule has 1 aliphatic rings. The topological polar surface area (TPSA) is 81.7 Å². The molecule has 0 aromatic carbocycles. The van der Waals surface area contributed by atoms with Crippen LogP contribution in [0.2, 0.25) is 0 Å². The zero-order chi connectivity index (χ0) is 13.4. The van der Waals surface area contributed by atoms with Gasteiger partial charge in [0.15, 0.2) is 0 Å². The number of rotatable bonds is 7. The van der Waals surface area contributed by atoms with Gasteiger partial charge in [0.25, 0.3) is 0 Å². The number of thioether (sulfide) groups is 1. The van der Waals surface area contributed by atoms with Gasteiger partial charge in [0.1, 0.15) is 6.04 Å². The van der Waals surface area contributed by atoms with Crippen LogP contribution < -0.4 is 10.6 Å². The molecule has 3 N–H and O–H groups in total. The summed E-state index contributed by atoms with van der Waals surface area (Å²) in [5.74, 6) is -0.437. The molecular weight excluding hydrogens is 254 g/mol. The van der Waals surface area contributed by atoms with E-state index in [-0.39, 0.29) is 12.5 Å². The van der Waals surface area contributed by atoms with E-state index in [2.05, 4.69) is 10.6 Å².